The van der Waals surface area contributed by atoms with Gasteiger partial charge in [0, 0.05) is 55.0 Å². The number of carbonyl (C=O) groups excluding carboxylic acids is 1. The van der Waals surface area contributed by atoms with Crippen molar-refractivity contribution in [3.63, 3.8) is 0 Å². The number of morpholine rings is 1. The molecule has 2 aromatic heterocycles. The molecule has 1 fully saturated rings. The number of carbonyl (C=O) groups is 2. The van der Waals surface area contributed by atoms with E-state index in [4.69, 9.17) is 4.74 Å². The van der Waals surface area contributed by atoms with E-state index in [9.17, 15) is 14.7 Å². The molecule has 34 heavy (non-hydrogen) atoms. The lowest BCUT2D eigenvalue weighted by atomic mass is 10.2. The molecular weight excluding hydrogens is 434 g/mol. The minimum absolute atomic E-state index is 0.271. The van der Waals surface area contributed by atoms with Gasteiger partial charge in [-0.3, -0.25) is 14.7 Å². The molecule has 0 aliphatic carbocycles. The van der Waals surface area contributed by atoms with Crippen LogP contribution in [0.2, 0.25) is 0 Å². The Balaban J connectivity index is 1.46. The van der Waals surface area contributed by atoms with Gasteiger partial charge in [0.05, 0.1) is 18.8 Å². The van der Waals surface area contributed by atoms with Crippen LogP contribution in [0.1, 0.15) is 21.7 Å². The van der Waals surface area contributed by atoms with E-state index in [2.05, 4.69) is 20.2 Å². The SMILES string of the molecule is Cc1ccc(C(=O)Nc2ccc(N(CCc3ccccn3)C(=O)O)cc2)c(N2CCOCC2)n1. The molecule has 0 atom stereocenters. The second kappa shape index (κ2) is 10.8. The zero-order valence-corrected chi connectivity index (χ0v) is 19.0. The zero-order valence-electron chi connectivity index (χ0n) is 19.0. The van der Waals surface area contributed by atoms with Gasteiger partial charge in [0.1, 0.15) is 5.82 Å². The molecule has 2 amide bonds. The van der Waals surface area contributed by atoms with Crippen LogP contribution in [-0.4, -0.2) is 59.9 Å². The van der Waals surface area contributed by atoms with Gasteiger partial charge in [0.15, 0.2) is 0 Å². The molecule has 1 aliphatic rings. The Kier molecular flexibility index (Phi) is 7.34. The predicted octanol–water partition coefficient (Wildman–Crippen LogP) is 3.60. The van der Waals surface area contributed by atoms with Gasteiger partial charge in [-0.1, -0.05) is 6.07 Å². The molecule has 4 rings (SSSR count). The number of anilines is 3. The van der Waals surface area contributed by atoms with E-state index in [1.807, 2.05) is 31.2 Å². The maximum atomic E-state index is 13.1. The minimum Gasteiger partial charge on any atom is -0.465 e. The largest absolute Gasteiger partial charge is 0.465 e. The van der Waals surface area contributed by atoms with Crippen molar-refractivity contribution in [2.24, 2.45) is 0 Å². The van der Waals surface area contributed by atoms with Gasteiger partial charge in [-0.15, -0.1) is 0 Å². The van der Waals surface area contributed by atoms with Crippen LogP contribution in [-0.2, 0) is 11.2 Å². The van der Waals surface area contributed by atoms with Crippen molar-refractivity contribution < 1.29 is 19.4 Å². The van der Waals surface area contributed by atoms with Gasteiger partial charge >= 0.3 is 6.09 Å². The topological polar surface area (TPSA) is 108 Å². The first-order valence-electron chi connectivity index (χ1n) is 11.1. The highest BCUT2D eigenvalue weighted by Gasteiger charge is 2.21. The third kappa shape index (κ3) is 5.68. The monoisotopic (exact) mass is 461 g/mol. The summed E-state index contributed by atoms with van der Waals surface area (Å²) in [5, 5.41) is 12.6. The molecule has 3 aromatic rings. The molecule has 0 radical (unpaired) electrons. The Morgan fingerprint density at radius 1 is 1.09 bits per heavy atom. The van der Waals surface area contributed by atoms with Crippen molar-refractivity contribution in [3.8, 4) is 0 Å². The summed E-state index contributed by atoms with van der Waals surface area (Å²) >= 11 is 0. The fraction of sp³-hybridized carbons (Fsp3) is 0.280. The highest BCUT2D eigenvalue weighted by atomic mass is 16.5. The first-order valence-corrected chi connectivity index (χ1v) is 11.1. The van der Waals surface area contributed by atoms with Crippen LogP contribution in [0.3, 0.4) is 0 Å². The van der Waals surface area contributed by atoms with Crippen LogP contribution in [0.15, 0.2) is 60.8 Å². The Bertz CT molecular complexity index is 1130. The molecule has 9 nitrogen and oxygen atoms in total. The summed E-state index contributed by atoms with van der Waals surface area (Å²) in [5.74, 6) is 0.371. The van der Waals surface area contributed by atoms with E-state index in [1.165, 1.54) is 4.90 Å². The van der Waals surface area contributed by atoms with E-state index in [1.54, 1.807) is 36.5 Å². The van der Waals surface area contributed by atoms with Crippen LogP contribution in [0.25, 0.3) is 0 Å². The fourth-order valence-electron chi connectivity index (χ4n) is 3.77. The van der Waals surface area contributed by atoms with E-state index in [0.717, 1.165) is 11.4 Å². The quantitative estimate of drug-likeness (QED) is 0.553. The predicted molar refractivity (Wildman–Crippen MR) is 130 cm³/mol. The third-order valence-electron chi connectivity index (χ3n) is 5.56. The second-order valence-electron chi connectivity index (χ2n) is 7.93. The number of hydrogen-bond acceptors (Lipinski definition) is 6. The van der Waals surface area contributed by atoms with E-state index < -0.39 is 6.09 Å². The number of amides is 2. The van der Waals surface area contributed by atoms with Crippen molar-refractivity contribution >= 4 is 29.2 Å². The number of hydrogen-bond donors (Lipinski definition) is 2. The van der Waals surface area contributed by atoms with Crippen molar-refractivity contribution in [1.82, 2.24) is 9.97 Å². The van der Waals surface area contributed by atoms with Gasteiger partial charge in [0.2, 0.25) is 0 Å². The van der Waals surface area contributed by atoms with Crippen molar-refractivity contribution in [3.05, 3.63) is 77.7 Å². The first-order chi connectivity index (χ1) is 16.5. The van der Waals surface area contributed by atoms with E-state index in [-0.39, 0.29) is 12.5 Å². The number of nitrogens with zero attached hydrogens (tertiary/aromatic N) is 4. The van der Waals surface area contributed by atoms with Crippen LogP contribution >= 0.6 is 0 Å². The second-order valence-corrected chi connectivity index (χ2v) is 7.93. The number of pyridine rings is 2. The molecule has 9 heteroatoms. The lowest BCUT2D eigenvalue weighted by Gasteiger charge is -2.29. The summed E-state index contributed by atoms with van der Waals surface area (Å²) in [5.41, 5.74) is 3.23. The number of aryl methyl sites for hydroxylation is 1. The average molecular weight is 462 g/mol. The lowest BCUT2D eigenvalue weighted by molar-refractivity contribution is 0.102. The summed E-state index contributed by atoms with van der Waals surface area (Å²) < 4.78 is 5.42. The van der Waals surface area contributed by atoms with Crippen molar-refractivity contribution in [1.29, 1.82) is 0 Å². The van der Waals surface area contributed by atoms with Gasteiger partial charge in [-0.2, -0.15) is 0 Å². The smallest absolute Gasteiger partial charge is 0.411 e. The molecule has 0 saturated carbocycles. The van der Waals surface area contributed by atoms with E-state index in [0.29, 0.717) is 55.5 Å². The molecule has 0 unspecified atom stereocenters. The van der Waals surface area contributed by atoms with Gasteiger partial charge < -0.3 is 20.1 Å². The van der Waals surface area contributed by atoms with Crippen molar-refractivity contribution in [2.75, 3.05) is 48.0 Å². The average Bonchev–Trinajstić information content (AvgIpc) is 2.86. The summed E-state index contributed by atoms with van der Waals surface area (Å²) in [4.78, 5) is 37.0. The van der Waals surface area contributed by atoms with Gasteiger partial charge in [-0.25, -0.2) is 9.78 Å². The Labute approximate surface area is 198 Å². The summed E-state index contributed by atoms with van der Waals surface area (Å²) in [6.07, 6.45) is 1.14. The van der Waals surface area contributed by atoms with E-state index >= 15 is 0 Å². The maximum absolute atomic E-state index is 13.1. The molecule has 1 aliphatic heterocycles. The summed E-state index contributed by atoms with van der Waals surface area (Å²) in [6, 6.07) is 15.9. The van der Waals surface area contributed by atoms with Crippen molar-refractivity contribution in [2.45, 2.75) is 13.3 Å². The number of nitrogens with one attached hydrogen (secondary N) is 1. The number of benzene rings is 1. The Morgan fingerprint density at radius 2 is 1.85 bits per heavy atom. The highest BCUT2D eigenvalue weighted by Crippen LogP contribution is 2.23. The zero-order chi connectivity index (χ0) is 23.9. The van der Waals surface area contributed by atoms with Crippen LogP contribution in [0.5, 0.6) is 0 Å². The fourth-order valence-corrected chi connectivity index (χ4v) is 3.77. The molecular formula is C25H27N5O4. The van der Waals surface area contributed by atoms with Crippen LogP contribution in [0, 0.1) is 6.92 Å². The molecule has 0 bridgehead atoms. The number of ether oxygens (including phenoxy) is 1. The maximum Gasteiger partial charge on any atom is 0.411 e. The highest BCUT2D eigenvalue weighted by molar-refractivity contribution is 6.07. The summed E-state index contributed by atoms with van der Waals surface area (Å²) in [6.45, 7) is 4.71. The Hall–Kier alpha value is -3.98. The van der Waals surface area contributed by atoms with Gasteiger partial charge in [0.25, 0.3) is 5.91 Å². The molecule has 0 spiro atoms. The number of carboxylic acid groups (broad SMARTS) is 1. The van der Waals surface area contributed by atoms with Crippen LogP contribution < -0.4 is 15.1 Å². The lowest BCUT2D eigenvalue weighted by Crippen LogP contribution is -2.38. The molecule has 1 saturated heterocycles. The molecule has 2 N–H and O–H groups in total. The molecule has 3 heterocycles. The standard InChI is InChI=1S/C25H27N5O4/c1-18-5-10-22(23(27-18)29-14-16-34-17-15-29)24(31)28-20-6-8-21(9-7-20)30(25(32)33)13-11-19-4-2-3-12-26-19/h2-10,12H,11,13-17H2,1H3,(H,28,31)(H,32,33). The summed E-state index contributed by atoms with van der Waals surface area (Å²) in [7, 11) is 0. The normalized spacial score (nSPS) is 13.4. The minimum atomic E-state index is -1.05. The molecule has 176 valence electrons. The number of aromatic nitrogens is 2. The first kappa shape index (κ1) is 23.2. The number of rotatable bonds is 7. The van der Waals surface area contributed by atoms with Gasteiger partial charge in [-0.05, 0) is 55.5 Å². The molecule has 1 aromatic carbocycles. The van der Waals surface area contributed by atoms with Crippen LogP contribution in [0.4, 0.5) is 22.0 Å². The third-order valence-corrected chi connectivity index (χ3v) is 5.56. The Morgan fingerprint density at radius 3 is 2.53 bits per heavy atom.